The summed E-state index contributed by atoms with van der Waals surface area (Å²) in [7, 11) is 0. The summed E-state index contributed by atoms with van der Waals surface area (Å²) >= 11 is 0. The Morgan fingerprint density at radius 3 is 2.33 bits per heavy atom. The van der Waals surface area contributed by atoms with Gasteiger partial charge >= 0.3 is 0 Å². The van der Waals surface area contributed by atoms with Crippen LogP contribution in [0.25, 0.3) is 0 Å². The van der Waals surface area contributed by atoms with Gasteiger partial charge in [0.2, 0.25) is 0 Å². The molecule has 3 N–H and O–H groups in total. The molecule has 0 aromatic heterocycles. The monoisotopic (exact) mass is 127 g/mol. The average Bonchev–Trinajstić information content (AvgIpc) is 2.23. The van der Waals surface area contributed by atoms with Crippen LogP contribution in [-0.4, -0.2) is 0 Å². The van der Waals surface area contributed by atoms with Crippen LogP contribution >= 0.6 is 0 Å². The molecule has 3 atom stereocenters. The molecule has 2 saturated carbocycles. The van der Waals surface area contributed by atoms with E-state index in [9.17, 15) is 0 Å². The lowest BCUT2D eigenvalue weighted by molar-refractivity contribution is 0.494. The molecule has 0 bridgehead atoms. The number of fused-ring (bicyclic) bond motifs is 1. The maximum Gasteiger partial charge on any atom is -0.0266 e. The van der Waals surface area contributed by atoms with Crippen LogP contribution in [-0.2, 0) is 0 Å². The normalized spacial score (nSPS) is 54.0. The van der Waals surface area contributed by atoms with Gasteiger partial charge in [-0.3, -0.25) is 0 Å². The molecule has 2 fully saturated rings. The number of rotatable bonds is 0. The summed E-state index contributed by atoms with van der Waals surface area (Å²) in [6.07, 6.45) is 4.54. The van der Waals surface area contributed by atoms with Crippen molar-refractivity contribution in [2.45, 2.75) is 33.1 Å². The molecule has 0 aliphatic heterocycles. The average molecular weight is 127 g/mol. The molecule has 2 aliphatic rings. The van der Waals surface area contributed by atoms with Crippen molar-refractivity contribution in [3.05, 3.63) is 0 Å². The summed E-state index contributed by atoms with van der Waals surface area (Å²) in [5.41, 5.74) is 0.819. The fraction of sp³-hybridized carbons (Fsp3) is 1.00. The fourth-order valence-electron chi connectivity index (χ4n) is 2.61. The maximum atomic E-state index is 2.45. The Hall–Kier alpha value is -0.0400. The highest BCUT2D eigenvalue weighted by Gasteiger charge is 2.59. The first kappa shape index (κ1) is 7.07. The van der Waals surface area contributed by atoms with E-state index in [1.807, 2.05) is 0 Å². The van der Waals surface area contributed by atoms with Crippen LogP contribution in [0.1, 0.15) is 33.1 Å². The minimum atomic E-state index is 0. The summed E-state index contributed by atoms with van der Waals surface area (Å²) in [5.74, 6) is 2.19. The standard InChI is InChI=1S/C8H14.H3N/c1-6-7-4-3-5-8(6,7)2;/h6-7H,3-5H2,1-2H3;1H3. The van der Waals surface area contributed by atoms with Crippen molar-refractivity contribution in [1.82, 2.24) is 6.15 Å². The largest absolute Gasteiger partial charge is 0.344 e. The zero-order valence-electron chi connectivity index (χ0n) is 6.48. The van der Waals surface area contributed by atoms with E-state index in [0.29, 0.717) is 0 Å². The van der Waals surface area contributed by atoms with Crippen molar-refractivity contribution < 1.29 is 0 Å². The summed E-state index contributed by atoms with van der Waals surface area (Å²) < 4.78 is 0. The van der Waals surface area contributed by atoms with Gasteiger partial charge in [-0.1, -0.05) is 20.3 Å². The first-order valence-electron chi connectivity index (χ1n) is 3.75. The van der Waals surface area contributed by atoms with Crippen LogP contribution in [0.4, 0.5) is 0 Å². The highest BCUT2D eigenvalue weighted by atomic mass is 14.6. The zero-order chi connectivity index (χ0) is 5.78. The second kappa shape index (κ2) is 1.72. The van der Waals surface area contributed by atoms with Gasteiger partial charge in [-0.05, 0) is 30.1 Å². The molecule has 1 heteroatoms. The van der Waals surface area contributed by atoms with E-state index in [2.05, 4.69) is 13.8 Å². The lowest BCUT2D eigenvalue weighted by Crippen LogP contribution is -1.91. The van der Waals surface area contributed by atoms with Crippen molar-refractivity contribution in [3.8, 4) is 0 Å². The molecule has 0 aromatic carbocycles. The van der Waals surface area contributed by atoms with Crippen LogP contribution in [0.5, 0.6) is 0 Å². The Morgan fingerprint density at radius 2 is 2.11 bits per heavy atom. The van der Waals surface area contributed by atoms with E-state index in [-0.39, 0.29) is 6.15 Å². The van der Waals surface area contributed by atoms with E-state index in [1.165, 1.54) is 19.3 Å². The van der Waals surface area contributed by atoms with Crippen molar-refractivity contribution in [3.63, 3.8) is 0 Å². The molecule has 2 aliphatic carbocycles. The van der Waals surface area contributed by atoms with E-state index in [4.69, 9.17) is 0 Å². The van der Waals surface area contributed by atoms with E-state index in [0.717, 1.165) is 17.3 Å². The summed E-state index contributed by atoms with van der Waals surface area (Å²) in [6.45, 7) is 4.86. The number of hydrogen-bond donors (Lipinski definition) is 1. The summed E-state index contributed by atoms with van der Waals surface area (Å²) in [4.78, 5) is 0. The fourth-order valence-corrected chi connectivity index (χ4v) is 2.61. The predicted molar refractivity (Wildman–Crippen MR) is 39.6 cm³/mol. The lowest BCUT2D eigenvalue weighted by atomic mass is 10.0. The van der Waals surface area contributed by atoms with Gasteiger partial charge < -0.3 is 6.15 Å². The van der Waals surface area contributed by atoms with Crippen molar-refractivity contribution in [2.75, 3.05) is 0 Å². The molecule has 0 aromatic rings. The van der Waals surface area contributed by atoms with Crippen molar-refractivity contribution in [2.24, 2.45) is 17.3 Å². The van der Waals surface area contributed by atoms with E-state index in [1.54, 1.807) is 0 Å². The van der Waals surface area contributed by atoms with Gasteiger partial charge in [0.25, 0.3) is 0 Å². The molecule has 0 heterocycles. The molecule has 0 amide bonds. The SMILES string of the molecule is CC1C2CCCC12C.N. The van der Waals surface area contributed by atoms with Crippen LogP contribution in [0.3, 0.4) is 0 Å². The Bertz CT molecular complexity index is 122. The Balaban J connectivity index is 0.000000405. The van der Waals surface area contributed by atoms with Gasteiger partial charge in [0, 0.05) is 0 Å². The maximum absolute atomic E-state index is 2.45. The van der Waals surface area contributed by atoms with Gasteiger partial charge in [0.1, 0.15) is 0 Å². The minimum absolute atomic E-state index is 0. The molecule has 0 spiro atoms. The molecule has 1 nitrogen and oxygen atoms in total. The van der Waals surface area contributed by atoms with E-state index < -0.39 is 0 Å². The lowest BCUT2D eigenvalue weighted by Gasteiger charge is -2.01. The topological polar surface area (TPSA) is 35.0 Å². The molecule has 9 heavy (non-hydrogen) atoms. The molecule has 54 valence electrons. The van der Waals surface area contributed by atoms with Gasteiger partial charge in [-0.25, -0.2) is 0 Å². The van der Waals surface area contributed by atoms with Crippen LogP contribution < -0.4 is 6.15 Å². The third-order valence-electron chi connectivity index (χ3n) is 3.61. The van der Waals surface area contributed by atoms with Gasteiger partial charge in [0.05, 0.1) is 0 Å². The van der Waals surface area contributed by atoms with Crippen LogP contribution in [0, 0.1) is 17.3 Å². The Morgan fingerprint density at radius 1 is 1.44 bits per heavy atom. The third kappa shape index (κ3) is 0.644. The van der Waals surface area contributed by atoms with Crippen molar-refractivity contribution in [1.29, 1.82) is 0 Å². The molecular weight excluding hydrogens is 110 g/mol. The van der Waals surface area contributed by atoms with Crippen LogP contribution in [0.2, 0.25) is 0 Å². The Kier molecular flexibility index (Phi) is 1.35. The minimum Gasteiger partial charge on any atom is -0.344 e. The zero-order valence-corrected chi connectivity index (χ0v) is 6.48. The van der Waals surface area contributed by atoms with E-state index >= 15 is 0 Å². The van der Waals surface area contributed by atoms with Gasteiger partial charge in [-0.2, -0.15) is 0 Å². The summed E-state index contributed by atoms with van der Waals surface area (Å²) in [5, 5.41) is 0. The predicted octanol–water partition coefficient (Wildman–Crippen LogP) is 2.60. The highest BCUT2D eigenvalue weighted by molar-refractivity contribution is 5.08. The van der Waals surface area contributed by atoms with Gasteiger partial charge in [0.15, 0.2) is 0 Å². The first-order chi connectivity index (χ1) is 3.75. The molecular formula is C8H17N. The molecule has 0 saturated heterocycles. The quantitative estimate of drug-likeness (QED) is 0.533. The smallest absolute Gasteiger partial charge is 0.0266 e. The van der Waals surface area contributed by atoms with Gasteiger partial charge in [-0.15, -0.1) is 0 Å². The highest BCUT2D eigenvalue weighted by Crippen LogP contribution is 2.67. The first-order valence-corrected chi connectivity index (χ1v) is 3.75. The van der Waals surface area contributed by atoms with Crippen molar-refractivity contribution >= 4 is 0 Å². The second-order valence-electron chi connectivity index (χ2n) is 3.79. The molecule has 3 unspecified atom stereocenters. The summed E-state index contributed by atoms with van der Waals surface area (Å²) in [6, 6.07) is 0. The Labute approximate surface area is 57.4 Å². The molecule has 0 radical (unpaired) electrons. The van der Waals surface area contributed by atoms with Crippen LogP contribution in [0.15, 0.2) is 0 Å². The molecule has 2 rings (SSSR count). The third-order valence-corrected chi connectivity index (χ3v) is 3.61. The number of hydrogen-bond acceptors (Lipinski definition) is 1. The second-order valence-corrected chi connectivity index (χ2v) is 3.79.